The number of carbonyl (C=O) groups excluding carboxylic acids is 3. The van der Waals surface area contributed by atoms with Gasteiger partial charge in [-0.25, -0.2) is 4.79 Å². The van der Waals surface area contributed by atoms with Gasteiger partial charge in [-0.15, -0.1) is 0 Å². The number of carboxylic acid groups (broad SMARTS) is 1. The van der Waals surface area contributed by atoms with E-state index in [4.69, 9.17) is 10.8 Å². The highest BCUT2D eigenvalue weighted by Crippen LogP contribution is 2.05. The molecular formula is C17H24N4O5S2. The van der Waals surface area contributed by atoms with Crippen LogP contribution < -0.4 is 21.7 Å². The largest absolute Gasteiger partial charge is 0.480 e. The molecular weight excluding hydrogens is 404 g/mol. The van der Waals surface area contributed by atoms with Crippen LogP contribution in [0.3, 0.4) is 0 Å². The van der Waals surface area contributed by atoms with Crippen molar-refractivity contribution in [3.63, 3.8) is 0 Å². The van der Waals surface area contributed by atoms with Gasteiger partial charge in [0.15, 0.2) is 0 Å². The van der Waals surface area contributed by atoms with E-state index in [0.717, 1.165) is 5.56 Å². The first-order valence-corrected chi connectivity index (χ1v) is 9.67. The Hall–Kier alpha value is -2.24. The summed E-state index contributed by atoms with van der Waals surface area (Å²) in [5.74, 6) is -3.21. The number of hydrogen-bond acceptors (Lipinski definition) is 7. The van der Waals surface area contributed by atoms with Gasteiger partial charge in [-0.2, -0.15) is 25.3 Å². The number of thiol groups is 2. The van der Waals surface area contributed by atoms with Crippen LogP contribution in [0.2, 0.25) is 0 Å². The number of hydrogen-bond donors (Lipinski definition) is 7. The second-order valence-corrected chi connectivity index (χ2v) is 6.57. The molecule has 6 N–H and O–H groups in total. The highest BCUT2D eigenvalue weighted by Gasteiger charge is 2.28. The summed E-state index contributed by atoms with van der Waals surface area (Å²) in [7, 11) is 0. The van der Waals surface area contributed by atoms with E-state index in [-0.39, 0.29) is 24.5 Å². The van der Waals surface area contributed by atoms with Gasteiger partial charge in [0, 0.05) is 17.9 Å². The summed E-state index contributed by atoms with van der Waals surface area (Å²) in [4.78, 5) is 47.7. The summed E-state index contributed by atoms with van der Waals surface area (Å²) in [5.41, 5.74) is 5.99. The molecule has 0 aliphatic rings. The molecule has 1 aromatic rings. The number of nitrogens with two attached hydrogens (primary N) is 1. The van der Waals surface area contributed by atoms with Crippen LogP contribution in [0.5, 0.6) is 0 Å². The standard InChI is InChI=1S/C17H24N4O5S2/c18-7-14(22)19-12(8-27)16(24)20-11(6-10-4-2-1-3-5-10)15(23)21-13(9-28)17(25)26/h1-5,11-13,27-28H,6-9,18H2,(H,19,22)(H,20,24)(H,21,23)(H,25,26). The van der Waals surface area contributed by atoms with E-state index in [2.05, 4.69) is 41.2 Å². The Balaban J connectivity index is 2.95. The molecule has 3 atom stereocenters. The average molecular weight is 429 g/mol. The van der Waals surface area contributed by atoms with E-state index in [1.807, 2.05) is 0 Å². The van der Waals surface area contributed by atoms with Gasteiger partial charge < -0.3 is 26.8 Å². The SMILES string of the molecule is NCC(=O)NC(CS)C(=O)NC(Cc1ccccc1)C(=O)NC(CS)C(=O)O. The Labute approximate surface area is 173 Å². The van der Waals surface area contributed by atoms with Crippen molar-refractivity contribution in [2.45, 2.75) is 24.5 Å². The molecule has 0 saturated heterocycles. The van der Waals surface area contributed by atoms with Crippen LogP contribution in [-0.4, -0.2) is 65.0 Å². The zero-order valence-corrected chi connectivity index (χ0v) is 16.8. The van der Waals surface area contributed by atoms with Crippen molar-refractivity contribution in [3.05, 3.63) is 35.9 Å². The summed E-state index contributed by atoms with van der Waals surface area (Å²) in [5, 5.41) is 16.4. The fourth-order valence-electron chi connectivity index (χ4n) is 2.24. The molecule has 0 aliphatic heterocycles. The number of benzene rings is 1. The first-order valence-electron chi connectivity index (χ1n) is 8.41. The fourth-order valence-corrected chi connectivity index (χ4v) is 2.74. The smallest absolute Gasteiger partial charge is 0.327 e. The first kappa shape index (κ1) is 23.8. The number of amides is 3. The molecule has 28 heavy (non-hydrogen) atoms. The minimum atomic E-state index is -1.24. The number of carbonyl (C=O) groups is 4. The maximum Gasteiger partial charge on any atom is 0.327 e. The van der Waals surface area contributed by atoms with E-state index in [9.17, 15) is 19.2 Å². The van der Waals surface area contributed by atoms with Crippen LogP contribution in [0.15, 0.2) is 30.3 Å². The molecule has 0 bridgehead atoms. The third kappa shape index (κ3) is 7.79. The molecule has 1 aromatic carbocycles. The summed E-state index contributed by atoms with van der Waals surface area (Å²) in [6, 6.07) is 5.63. The fraction of sp³-hybridized carbons (Fsp3) is 0.412. The molecule has 9 nitrogen and oxygen atoms in total. The minimum absolute atomic E-state index is 0.00829. The number of rotatable bonds is 11. The van der Waals surface area contributed by atoms with Gasteiger partial charge in [-0.3, -0.25) is 14.4 Å². The van der Waals surface area contributed by atoms with E-state index in [1.54, 1.807) is 30.3 Å². The average Bonchev–Trinajstić information content (AvgIpc) is 2.69. The molecule has 0 aliphatic carbocycles. The molecule has 11 heteroatoms. The lowest BCUT2D eigenvalue weighted by molar-refractivity contribution is -0.141. The molecule has 0 saturated carbocycles. The van der Waals surface area contributed by atoms with Gasteiger partial charge >= 0.3 is 5.97 Å². The molecule has 0 aromatic heterocycles. The van der Waals surface area contributed by atoms with Crippen LogP contribution in [0, 0.1) is 0 Å². The summed E-state index contributed by atoms with van der Waals surface area (Å²) < 4.78 is 0. The zero-order valence-electron chi connectivity index (χ0n) is 15.0. The Morgan fingerprint density at radius 3 is 1.93 bits per heavy atom. The molecule has 3 unspecified atom stereocenters. The quantitative estimate of drug-likeness (QED) is 0.215. The first-order chi connectivity index (χ1) is 13.3. The lowest BCUT2D eigenvalue weighted by Gasteiger charge is -2.23. The maximum absolute atomic E-state index is 12.6. The Kier molecular flexibility index (Phi) is 10.4. The van der Waals surface area contributed by atoms with Gasteiger partial charge in [-0.1, -0.05) is 30.3 Å². The van der Waals surface area contributed by atoms with Crippen LogP contribution in [-0.2, 0) is 25.6 Å². The van der Waals surface area contributed by atoms with Crippen molar-refractivity contribution in [2.24, 2.45) is 5.73 Å². The normalized spacial score (nSPS) is 13.7. The predicted octanol–water partition coefficient (Wildman–Crippen LogP) is -1.41. The molecule has 154 valence electrons. The summed E-state index contributed by atoms with van der Waals surface area (Å²) in [6.45, 7) is -0.298. The number of aliphatic carboxylic acids is 1. The van der Waals surface area contributed by atoms with Crippen molar-refractivity contribution < 1.29 is 24.3 Å². The van der Waals surface area contributed by atoms with Crippen molar-refractivity contribution in [3.8, 4) is 0 Å². The van der Waals surface area contributed by atoms with E-state index < -0.39 is 41.8 Å². The Bertz CT molecular complexity index is 689. The molecule has 0 radical (unpaired) electrons. The lowest BCUT2D eigenvalue weighted by Crippen LogP contribution is -2.57. The second-order valence-electron chi connectivity index (χ2n) is 5.84. The number of nitrogens with one attached hydrogen (secondary N) is 3. The minimum Gasteiger partial charge on any atom is -0.480 e. The van der Waals surface area contributed by atoms with E-state index >= 15 is 0 Å². The van der Waals surface area contributed by atoms with Crippen LogP contribution in [0.25, 0.3) is 0 Å². The van der Waals surface area contributed by atoms with Crippen molar-refractivity contribution >= 4 is 48.9 Å². The van der Waals surface area contributed by atoms with Crippen LogP contribution >= 0.6 is 25.3 Å². The van der Waals surface area contributed by atoms with Crippen LogP contribution in [0.4, 0.5) is 0 Å². The van der Waals surface area contributed by atoms with Crippen molar-refractivity contribution in [1.82, 2.24) is 16.0 Å². The molecule has 0 heterocycles. The van der Waals surface area contributed by atoms with Gasteiger partial charge in [0.25, 0.3) is 0 Å². The Morgan fingerprint density at radius 1 is 0.893 bits per heavy atom. The number of carboxylic acids is 1. The van der Waals surface area contributed by atoms with E-state index in [0.29, 0.717) is 0 Å². The van der Waals surface area contributed by atoms with E-state index in [1.165, 1.54) is 0 Å². The predicted molar refractivity (Wildman–Crippen MR) is 110 cm³/mol. The molecule has 0 spiro atoms. The highest BCUT2D eigenvalue weighted by atomic mass is 32.1. The van der Waals surface area contributed by atoms with Crippen molar-refractivity contribution in [1.29, 1.82) is 0 Å². The Morgan fingerprint density at radius 2 is 1.43 bits per heavy atom. The van der Waals surface area contributed by atoms with Crippen LogP contribution in [0.1, 0.15) is 5.56 Å². The van der Waals surface area contributed by atoms with Crippen molar-refractivity contribution in [2.75, 3.05) is 18.1 Å². The summed E-state index contributed by atoms with van der Waals surface area (Å²) >= 11 is 7.95. The molecule has 3 amide bonds. The maximum atomic E-state index is 12.6. The van der Waals surface area contributed by atoms with Gasteiger partial charge in [0.05, 0.1) is 6.54 Å². The zero-order chi connectivity index (χ0) is 21.1. The molecule has 0 fully saturated rings. The highest BCUT2D eigenvalue weighted by molar-refractivity contribution is 7.80. The topological polar surface area (TPSA) is 151 Å². The monoisotopic (exact) mass is 428 g/mol. The lowest BCUT2D eigenvalue weighted by atomic mass is 10.0. The summed E-state index contributed by atoms with van der Waals surface area (Å²) in [6.07, 6.45) is 0.126. The van der Waals surface area contributed by atoms with Gasteiger partial charge in [0.2, 0.25) is 17.7 Å². The van der Waals surface area contributed by atoms with Gasteiger partial charge in [0.1, 0.15) is 18.1 Å². The second kappa shape index (κ2) is 12.3. The third-order valence-corrected chi connectivity index (χ3v) is 4.46. The third-order valence-electron chi connectivity index (χ3n) is 3.73. The van der Waals surface area contributed by atoms with Gasteiger partial charge in [-0.05, 0) is 5.56 Å². The molecule has 1 rings (SSSR count).